The molecule has 0 fully saturated rings. The number of aromatic nitrogens is 2. The molecule has 0 amide bonds. The van der Waals surface area contributed by atoms with Crippen LogP contribution in [-0.4, -0.2) is 22.9 Å². The summed E-state index contributed by atoms with van der Waals surface area (Å²) in [6, 6.07) is 10.2. The van der Waals surface area contributed by atoms with Crippen LogP contribution in [0.1, 0.15) is 11.1 Å². The van der Waals surface area contributed by atoms with Crippen molar-refractivity contribution < 1.29 is 13.9 Å². The van der Waals surface area contributed by atoms with Gasteiger partial charge in [-0.05, 0) is 54.4 Å². The van der Waals surface area contributed by atoms with Crippen molar-refractivity contribution in [3.05, 3.63) is 71.7 Å². The number of hydrogen-bond acceptors (Lipinski definition) is 3. The summed E-state index contributed by atoms with van der Waals surface area (Å²) >= 11 is 0. The maximum Gasteiger partial charge on any atom is 0.333 e. The van der Waals surface area contributed by atoms with Gasteiger partial charge in [-0.25, -0.2) is 13.9 Å². The highest BCUT2D eigenvalue weighted by Gasteiger charge is 2.12. The van der Waals surface area contributed by atoms with Crippen molar-refractivity contribution in [3.8, 4) is 5.69 Å². The first kappa shape index (κ1) is 15.9. The third kappa shape index (κ3) is 2.93. The number of ether oxygens (including phenoxy) is 1. The summed E-state index contributed by atoms with van der Waals surface area (Å²) in [6.45, 7) is 5.75. The van der Waals surface area contributed by atoms with E-state index in [-0.39, 0.29) is 5.82 Å². The van der Waals surface area contributed by atoms with Crippen LogP contribution in [0.25, 0.3) is 16.6 Å². The molecule has 0 unspecified atom stereocenters. The van der Waals surface area contributed by atoms with Crippen LogP contribution in [0.4, 0.5) is 4.39 Å². The summed E-state index contributed by atoms with van der Waals surface area (Å²) in [6.07, 6.45) is 2.18. The standard InChI is InChI=1S/C19H17FN2O2/c1-12-9-18-15(10-14(12)8-13(2)19(23)24-3)11-21-22(18)17-6-4-16(20)5-7-17/h4-7,9-11H,2,8H2,1,3H3. The van der Waals surface area contributed by atoms with E-state index in [0.29, 0.717) is 12.0 Å². The predicted octanol–water partition coefficient (Wildman–Crippen LogP) is 3.74. The third-order valence-electron chi connectivity index (χ3n) is 3.97. The Morgan fingerprint density at radius 2 is 2.00 bits per heavy atom. The second kappa shape index (κ2) is 6.28. The van der Waals surface area contributed by atoms with Gasteiger partial charge in [-0.3, -0.25) is 0 Å². The molecule has 0 spiro atoms. The molecule has 0 N–H and O–H groups in total. The van der Waals surface area contributed by atoms with Crippen LogP contribution in [0.15, 0.2) is 54.7 Å². The van der Waals surface area contributed by atoms with Crippen molar-refractivity contribution in [2.75, 3.05) is 7.11 Å². The van der Waals surface area contributed by atoms with Crippen LogP contribution in [-0.2, 0) is 16.0 Å². The number of carbonyl (C=O) groups is 1. The molecule has 0 saturated carbocycles. The maximum atomic E-state index is 13.1. The lowest BCUT2D eigenvalue weighted by atomic mass is 9.99. The highest BCUT2D eigenvalue weighted by Crippen LogP contribution is 2.24. The summed E-state index contributed by atoms with van der Waals surface area (Å²) in [5.74, 6) is -0.688. The second-order valence-corrected chi connectivity index (χ2v) is 5.64. The van der Waals surface area contributed by atoms with E-state index < -0.39 is 5.97 Å². The Hall–Kier alpha value is -2.95. The quantitative estimate of drug-likeness (QED) is 0.542. The van der Waals surface area contributed by atoms with Crippen molar-refractivity contribution in [1.29, 1.82) is 0 Å². The average molecular weight is 324 g/mol. The van der Waals surface area contributed by atoms with Crippen LogP contribution in [0, 0.1) is 12.7 Å². The van der Waals surface area contributed by atoms with Gasteiger partial charge in [0.1, 0.15) is 5.82 Å². The largest absolute Gasteiger partial charge is 0.466 e. The van der Waals surface area contributed by atoms with Gasteiger partial charge in [-0.15, -0.1) is 0 Å². The molecule has 4 nitrogen and oxygen atoms in total. The molecule has 0 aliphatic carbocycles. The van der Waals surface area contributed by atoms with E-state index >= 15 is 0 Å². The Labute approximate surface area is 139 Å². The molecule has 0 aliphatic rings. The number of benzene rings is 2. The van der Waals surface area contributed by atoms with Gasteiger partial charge >= 0.3 is 5.97 Å². The number of carbonyl (C=O) groups excluding carboxylic acids is 1. The lowest BCUT2D eigenvalue weighted by Gasteiger charge is -2.09. The summed E-state index contributed by atoms with van der Waals surface area (Å²) in [7, 11) is 1.34. The van der Waals surface area contributed by atoms with Crippen LogP contribution in [0.5, 0.6) is 0 Å². The number of hydrogen-bond donors (Lipinski definition) is 0. The molecular formula is C19H17FN2O2. The van der Waals surface area contributed by atoms with Crippen molar-refractivity contribution in [3.63, 3.8) is 0 Å². The summed E-state index contributed by atoms with van der Waals surface area (Å²) < 4.78 is 19.6. The molecule has 0 aliphatic heterocycles. The van der Waals surface area contributed by atoms with Crippen molar-refractivity contribution in [2.24, 2.45) is 0 Å². The van der Waals surface area contributed by atoms with Crippen LogP contribution < -0.4 is 0 Å². The third-order valence-corrected chi connectivity index (χ3v) is 3.97. The minimum Gasteiger partial charge on any atom is -0.466 e. The number of fused-ring (bicyclic) bond motifs is 1. The molecule has 0 bridgehead atoms. The van der Waals surface area contributed by atoms with E-state index in [1.165, 1.54) is 19.2 Å². The molecule has 0 radical (unpaired) electrons. The molecule has 1 aromatic heterocycles. The Bertz CT molecular complexity index is 926. The Morgan fingerprint density at radius 3 is 2.67 bits per heavy atom. The first-order chi connectivity index (χ1) is 11.5. The molecule has 2 aromatic carbocycles. The van der Waals surface area contributed by atoms with Crippen LogP contribution in [0.2, 0.25) is 0 Å². The van der Waals surface area contributed by atoms with Gasteiger partial charge < -0.3 is 4.74 Å². The highest BCUT2D eigenvalue weighted by molar-refractivity contribution is 5.89. The van der Waals surface area contributed by atoms with E-state index in [9.17, 15) is 9.18 Å². The zero-order valence-electron chi connectivity index (χ0n) is 13.5. The lowest BCUT2D eigenvalue weighted by Crippen LogP contribution is -2.07. The monoisotopic (exact) mass is 324 g/mol. The van der Waals surface area contributed by atoms with E-state index in [2.05, 4.69) is 11.7 Å². The maximum absolute atomic E-state index is 13.1. The number of halogens is 1. The first-order valence-electron chi connectivity index (χ1n) is 7.49. The molecule has 0 saturated heterocycles. The Kier molecular flexibility index (Phi) is 4.16. The van der Waals surface area contributed by atoms with Gasteiger partial charge in [-0.2, -0.15) is 5.10 Å². The SMILES string of the molecule is C=C(Cc1cc2cnn(-c3ccc(F)cc3)c2cc1C)C(=O)OC. The fourth-order valence-corrected chi connectivity index (χ4v) is 2.65. The molecular weight excluding hydrogens is 307 g/mol. The second-order valence-electron chi connectivity index (χ2n) is 5.64. The van der Waals surface area contributed by atoms with Crippen LogP contribution in [0.3, 0.4) is 0 Å². The van der Waals surface area contributed by atoms with Crippen LogP contribution >= 0.6 is 0 Å². The van der Waals surface area contributed by atoms with Gasteiger partial charge in [0.2, 0.25) is 0 Å². The van der Waals surface area contributed by atoms with Gasteiger partial charge in [-0.1, -0.05) is 6.58 Å². The molecule has 122 valence electrons. The molecule has 0 atom stereocenters. The van der Waals surface area contributed by atoms with Gasteiger partial charge in [0.05, 0.1) is 24.5 Å². The smallest absolute Gasteiger partial charge is 0.333 e. The number of aryl methyl sites for hydroxylation is 1. The van der Waals surface area contributed by atoms with Gasteiger partial charge in [0, 0.05) is 17.4 Å². The van der Waals surface area contributed by atoms with E-state index in [0.717, 1.165) is 27.7 Å². The fraction of sp³-hybridized carbons (Fsp3) is 0.158. The Balaban J connectivity index is 2.00. The number of esters is 1. The molecule has 5 heteroatoms. The Morgan fingerprint density at radius 1 is 1.29 bits per heavy atom. The fourth-order valence-electron chi connectivity index (χ4n) is 2.65. The molecule has 1 heterocycles. The lowest BCUT2D eigenvalue weighted by molar-refractivity contribution is -0.136. The minimum atomic E-state index is -0.406. The van der Waals surface area contributed by atoms with E-state index in [1.54, 1.807) is 23.0 Å². The van der Waals surface area contributed by atoms with Crippen molar-refractivity contribution >= 4 is 16.9 Å². The highest BCUT2D eigenvalue weighted by atomic mass is 19.1. The number of nitrogens with zero attached hydrogens (tertiary/aromatic N) is 2. The molecule has 24 heavy (non-hydrogen) atoms. The molecule has 3 aromatic rings. The van der Waals surface area contributed by atoms with Gasteiger partial charge in [0.15, 0.2) is 0 Å². The van der Waals surface area contributed by atoms with E-state index in [1.807, 2.05) is 19.1 Å². The average Bonchev–Trinajstić information content (AvgIpc) is 2.97. The number of methoxy groups -OCH3 is 1. The van der Waals surface area contributed by atoms with Gasteiger partial charge in [0.25, 0.3) is 0 Å². The van der Waals surface area contributed by atoms with Crippen molar-refractivity contribution in [1.82, 2.24) is 9.78 Å². The zero-order valence-corrected chi connectivity index (χ0v) is 13.5. The molecule has 3 rings (SSSR count). The summed E-state index contributed by atoms with van der Waals surface area (Å²) in [4.78, 5) is 11.5. The first-order valence-corrected chi connectivity index (χ1v) is 7.49. The van der Waals surface area contributed by atoms with E-state index in [4.69, 9.17) is 4.74 Å². The normalized spacial score (nSPS) is 10.8. The summed E-state index contributed by atoms with van der Waals surface area (Å²) in [5, 5.41) is 5.33. The summed E-state index contributed by atoms with van der Waals surface area (Å²) in [5.41, 5.74) is 4.14. The number of rotatable bonds is 4. The van der Waals surface area contributed by atoms with Crippen molar-refractivity contribution in [2.45, 2.75) is 13.3 Å². The zero-order chi connectivity index (χ0) is 17.3. The topological polar surface area (TPSA) is 44.1 Å². The minimum absolute atomic E-state index is 0.282. The predicted molar refractivity (Wildman–Crippen MR) is 90.6 cm³/mol.